The maximum Gasteiger partial charge on any atom is 0.251 e. The average molecular weight is 305 g/mol. The van der Waals surface area contributed by atoms with Crippen LogP contribution in [0.1, 0.15) is 49.4 Å². The SMILES string of the molecule is C[C@H]1CC[C@@H](C(=O)N2CCC[C@@H]2CC(=O)c2cnn(C)c2)O1. The van der Waals surface area contributed by atoms with E-state index in [0.29, 0.717) is 12.0 Å². The Bertz CT molecular complexity index is 569. The standard InChI is InChI=1S/C16H23N3O3/c1-11-5-6-15(22-11)16(21)19-7-3-4-13(19)8-14(20)12-9-17-18(2)10-12/h9-11,13,15H,3-8H2,1-2H3/t11-,13+,15-/m0/s1. The molecule has 2 fully saturated rings. The number of aromatic nitrogens is 2. The van der Waals surface area contributed by atoms with Gasteiger partial charge in [0.05, 0.1) is 17.9 Å². The molecule has 2 aliphatic rings. The zero-order valence-electron chi connectivity index (χ0n) is 13.2. The minimum absolute atomic E-state index is 0.000266. The third kappa shape index (κ3) is 3.06. The van der Waals surface area contributed by atoms with E-state index in [4.69, 9.17) is 4.74 Å². The van der Waals surface area contributed by atoms with Crippen LogP contribution in [0.5, 0.6) is 0 Å². The van der Waals surface area contributed by atoms with Crippen LogP contribution in [0, 0.1) is 0 Å². The summed E-state index contributed by atoms with van der Waals surface area (Å²) in [4.78, 5) is 26.8. The molecule has 0 aliphatic carbocycles. The van der Waals surface area contributed by atoms with Crippen molar-refractivity contribution in [1.82, 2.24) is 14.7 Å². The summed E-state index contributed by atoms with van der Waals surface area (Å²) in [6, 6.07) is -0.000266. The zero-order valence-corrected chi connectivity index (χ0v) is 13.2. The van der Waals surface area contributed by atoms with Gasteiger partial charge in [-0.05, 0) is 32.6 Å². The fraction of sp³-hybridized carbons (Fsp3) is 0.688. The third-order valence-corrected chi connectivity index (χ3v) is 4.62. The van der Waals surface area contributed by atoms with Gasteiger partial charge in [-0.3, -0.25) is 14.3 Å². The number of Topliss-reactive ketones (excluding diaryl/α,β-unsaturated/α-hetero) is 1. The maximum absolute atomic E-state index is 12.6. The summed E-state index contributed by atoms with van der Waals surface area (Å²) < 4.78 is 7.31. The molecular weight excluding hydrogens is 282 g/mol. The molecule has 0 N–H and O–H groups in total. The molecular formula is C16H23N3O3. The lowest BCUT2D eigenvalue weighted by atomic mass is 10.0. The number of carbonyl (C=O) groups excluding carboxylic acids is 2. The molecule has 2 aliphatic heterocycles. The molecule has 2 saturated heterocycles. The lowest BCUT2D eigenvalue weighted by Gasteiger charge is -2.26. The Morgan fingerprint density at radius 1 is 1.36 bits per heavy atom. The fourth-order valence-electron chi connectivity index (χ4n) is 3.40. The highest BCUT2D eigenvalue weighted by atomic mass is 16.5. The highest BCUT2D eigenvalue weighted by Gasteiger charge is 2.37. The number of rotatable bonds is 4. The molecule has 22 heavy (non-hydrogen) atoms. The smallest absolute Gasteiger partial charge is 0.251 e. The molecule has 1 amide bonds. The molecule has 3 heterocycles. The van der Waals surface area contributed by atoms with Gasteiger partial charge in [-0.1, -0.05) is 0 Å². The highest BCUT2D eigenvalue weighted by Crippen LogP contribution is 2.27. The lowest BCUT2D eigenvalue weighted by molar-refractivity contribution is -0.143. The zero-order chi connectivity index (χ0) is 15.7. The second-order valence-electron chi connectivity index (χ2n) is 6.37. The number of ketones is 1. The molecule has 6 heteroatoms. The lowest BCUT2D eigenvalue weighted by Crippen LogP contribution is -2.42. The van der Waals surface area contributed by atoms with Gasteiger partial charge in [0.2, 0.25) is 0 Å². The largest absolute Gasteiger partial charge is 0.365 e. The highest BCUT2D eigenvalue weighted by molar-refractivity contribution is 5.96. The maximum atomic E-state index is 12.6. The number of hydrogen-bond donors (Lipinski definition) is 0. The minimum Gasteiger partial charge on any atom is -0.365 e. The molecule has 0 spiro atoms. The summed E-state index contributed by atoms with van der Waals surface area (Å²) >= 11 is 0. The van der Waals surface area contributed by atoms with Crippen LogP contribution in [-0.2, 0) is 16.6 Å². The summed E-state index contributed by atoms with van der Waals surface area (Å²) in [6.07, 6.45) is 7.11. The normalized spacial score (nSPS) is 28.3. The van der Waals surface area contributed by atoms with Gasteiger partial charge in [0.25, 0.3) is 5.91 Å². The molecule has 3 rings (SSSR count). The summed E-state index contributed by atoms with van der Waals surface area (Å²) in [5.41, 5.74) is 0.618. The van der Waals surface area contributed by atoms with E-state index < -0.39 is 0 Å². The van der Waals surface area contributed by atoms with Gasteiger partial charge < -0.3 is 9.64 Å². The monoisotopic (exact) mass is 305 g/mol. The Morgan fingerprint density at radius 3 is 2.82 bits per heavy atom. The average Bonchev–Trinajstić information content (AvgIpc) is 3.19. The summed E-state index contributed by atoms with van der Waals surface area (Å²) in [5.74, 6) is 0.115. The van der Waals surface area contributed by atoms with Gasteiger partial charge in [0.1, 0.15) is 6.10 Å². The van der Waals surface area contributed by atoms with Crippen LogP contribution in [0.4, 0.5) is 0 Å². The van der Waals surface area contributed by atoms with Crippen molar-refractivity contribution in [3.63, 3.8) is 0 Å². The Labute approximate surface area is 130 Å². The molecule has 0 aromatic carbocycles. The van der Waals surface area contributed by atoms with E-state index in [2.05, 4.69) is 5.10 Å². The van der Waals surface area contributed by atoms with Gasteiger partial charge in [-0.25, -0.2) is 0 Å². The first-order valence-electron chi connectivity index (χ1n) is 8.02. The Balaban J connectivity index is 1.63. The van der Waals surface area contributed by atoms with Gasteiger partial charge in [0.15, 0.2) is 5.78 Å². The topological polar surface area (TPSA) is 64.4 Å². The van der Waals surface area contributed by atoms with Crippen LogP contribution in [0.15, 0.2) is 12.4 Å². The number of ether oxygens (including phenoxy) is 1. The molecule has 0 unspecified atom stereocenters. The van der Waals surface area contributed by atoms with E-state index in [1.807, 2.05) is 11.8 Å². The third-order valence-electron chi connectivity index (χ3n) is 4.62. The molecule has 0 radical (unpaired) electrons. The van der Waals surface area contributed by atoms with Crippen molar-refractivity contribution in [3.05, 3.63) is 18.0 Å². The number of likely N-dealkylation sites (tertiary alicyclic amines) is 1. The first-order valence-corrected chi connectivity index (χ1v) is 8.02. The molecule has 120 valence electrons. The number of nitrogens with zero attached hydrogens (tertiary/aromatic N) is 3. The number of amides is 1. The molecule has 1 aromatic heterocycles. The van der Waals surface area contributed by atoms with Crippen molar-refractivity contribution in [2.24, 2.45) is 7.05 Å². The first kappa shape index (κ1) is 15.2. The van der Waals surface area contributed by atoms with Crippen molar-refractivity contribution >= 4 is 11.7 Å². The molecule has 3 atom stereocenters. The summed E-state index contributed by atoms with van der Waals surface area (Å²) in [6.45, 7) is 2.73. The van der Waals surface area contributed by atoms with Gasteiger partial charge in [0, 0.05) is 32.3 Å². The van der Waals surface area contributed by atoms with E-state index in [9.17, 15) is 9.59 Å². The summed E-state index contributed by atoms with van der Waals surface area (Å²) in [7, 11) is 1.79. The number of aryl methyl sites for hydroxylation is 1. The second kappa shape index (κ2) is 6.20. The second-order valence-corrected chi connectivity index (χ2v) is 6.37. The molecule has 0 saturated carbocycles. The minimum atomic E-state index is -0.316. The Morgan fingerprint density at radius 2 is 2.18 bits per heavy atom. The van der Waals surface area contributed by atoms with Gasteiger partial charge >= 0.3 is 0 Å². The van der Waals surface area contributed by atoms with Gasteiger partial charge in [-0.2, -0.15) is 5.10 Å². The van der Waals surface area contributed by atoms with E-state index in [1.165, 1.54) is 0 Å². The quantitative estimate of drug-likeness (QED) is 0.792. The van der Waals surface area contributed by atoms with E-state index >= 15 is 0 Å². The van der Waals surface area contributed by atoms with Crippen LogP contribution in [-0.4, -0.2) is 51.2 Å². The number of hydrogen-bond acceptors (Lipinski definition) is 4. The van der Waals surface area contributed by atoms with Crippen LogP contribution >= 0.6 is 0 Å². The predicted octanol–water partition coefficient (Wildman–Crippen LogP) is 1.55. The number of carbonyl (C=O) groups is 2. The Kier molecular flexibility index (Phi) is 4.29. The van der Waals surface area contributed by atoms with E-state index in [0.717, 1.165) is 32.2 Å². The van der Waals surface area contributed by atoms with Crippen molar-refractivity contribution in [1.29, 1.82) is 0 Å². The van der Waals surface area contributed by atoms with Gasteiger partial charge in [-0.15, -0.1) is 0 Å². The Hall–Kier alpha value is -1.69. The summed E-state index contributed by atoms with van der Waals surface area (Å²) in [5, 5.41) is 4.03. The van der Waals surface area contributed by atoms with Crippen molar-refractivity contribution in [2.75, 3.05) is 6.54 Å². The molecule has 0 bridgehead atoms. The van der Waals surface area contributed by atoms with Crippen LogP contribution in [0.25, 0.3) is 0 Å². The van der Waals surface area contributed by atoms with Crippen LogP contribution in [0.3, 0.4) is 0 Å². The van der Waals surface area contributed by atoms with Crippen molar-refractivity contribution in [2.45, 2.75) is 57.3 Å². The molecule has 6 nitrogen and oxygen atoms in total. The fourth-order valence-corrected chi connectivity index (χ4v) is 3.40. The van der Waals surface area contributed by atoms with E-state index in [1.54, 1.807) is 24.1 Å². The first-order chi connectivity index (χ1) is 10.5. The van der Waals surface area contributed by atoms with Crippen molar-refractivity contribution in [3.8, 4) is 0 Å². The van der Waals surface area contributed by atoms with Crippen LogP contribution in [0.2, 0.25) is 0 Å². The molecule has 1 aromatic rings. The predicted molar refractivity (Wildman–Crippen MR) is 80.5 cm³/mol. The van der Waals surface area contributed by atoms with E-state index in [-0.39, 0.29) is 29.9 Å². The van der Waals surface area contributed by atoms with Crippen molar-refractivity contribution < 1.29 is 14.3 Å². The van der Waals surface area contributed by atoms with Crippen LogP contribution < -0.4 is 0 Å².